The number of aromatic hydroxyl groups is 1. The summed E-state index contributed by atoms with van der Waals surface area (Å²) in [4.78, 5) is 23.1. The molecule has 6 nitrogen and oxygen atoms in total. The van der Waals surface area contributed by atoms with Gasteiger partial charge in [0.05, 0.1) is 13.1 Å². The minimum absolute atomic E-state index is 0.0553. The van der Waals surface area contributed by atoms with Crippen molar-refractivity contribution in [2.75, 3.05) is 58.3 Å². The highest BCUT2D eigenvalue weighted by atomic mass is 16.3. The van der Waals surface area contributed by atoms with Gasteiger partial charge in [0.2, 0.25) is 0 Å². The van der Waals surface area contributed by atoms with Crippen LogP contribution in [0.15, 0.2) is 65.7 Å². The summed E-state index contributed by atoms with van der Waals surface area (Å²) in [6.07, 6.45) is 1.58. The number of hydrogen-bond donors (Lipinski definition) is 1. The molecule has 0 amide bonds. The second-order valence-electron chi connectivity index (χ2n) is 9.04. The summed E-state index contributed by atoms with van der Waals surface area (Å²) < 4.78 is 0. The van der Waals surface area contributed by atoms with Crippen molar-refractivity contribution < 1.29 is 9.90 Å². The van der Waals surface area contributed by atoms with Gasteiger partial charge in [-0.1, -0.05) is 42.5 Å². The van der Waals surface area contributed by atoms with Crippen LogP contribution < -0.4 is 4.90 Å². The second-order valence-corrected chi connectivity index (χ2v) is 9.04. The van der Waals surface area contributed by atoms with Crippen LogP contribution in [0.25, 0.3) is 10.8 Å². The standard InChI is InChI=1S/C29H38N4O2/c1-5-33(6-2)26-15-14-24(29(35)18-26)19-30-20-27(34)22-32(4)17-16-31(3)21-25-12-9-11-23-10-7-8-13-28(23)25/h7-15,18-19,35H,5-6,16-17,20-22H2,1-4H3. The number of benzene rings is 3. The highest BCUT2D eigenvalue weighted by molar-refractivity contribution is 5.88. The molecule has 0 saturated carbocycles. The topological polar surface area (TPSA) is 59.4 Å². The van der Waals surface area contributed by atoms with Crippen LogP contribution in [0, 0.1) is 0 Å². The molecule has 0 aliphatic rings. The molecule has 3 aromatic rings. The van der Waals surface area contributed by atoms with Crippen molar-refractivity contribution in [1.82, 2.24) is 9.80 Å². The van der Waals surface area contributed by atoms with Crippen LogP contribution in [0.1, 0.15) is 25.0 Å². The van der Waals surface area contributed by atoms with E-state index in [1.807, 2.05) is 24.1 Å². The van der Waals surface area contributed by atoms with Crippen molar-refractivity contribution >= 4 is 28.5 Å². The van der Waals surface area contributed by atoms with Gasteiger partial charge in [0.25, 0.3) is 0 Å². The van der Waals surface area contributed by atoms with Gasteiger partial charge in [-0.2, -0.15) is 0 Å². The van der Waals surface area contributed by atoms with Crippen LogP contribution in [-0.4, -0.2) is 80.3 Å². The smallest absolute Gasteiger partial charge is 0.168 e. The number of Topliss-reactive ketones (excluding diaryl/α,β-unsaturated/α-hetero) is 1. The molecule has 6 heteroatoms. The first-order chi connectivity index (χ1) is 16.9. The van der Waals surface area contributed by atoms with Gasteiger partial charge in [-0.25, -0.2) is 0 Å². The monoisotopic (exact) mass is 474 g/mol. The molecule has 0 spiro atoms. The van der Waals surface area contributed by atoms with Gasteiger partial charge in [-0.3, -0.25) is 14.7 Å². The van der Waals surface area contributed by atoms with E-state index in [0.717, 1.165) is 38.4 Å². The van der Waals surface area contributed by atoms with E-state index in [2.05, 4.69) is 78.2 Å². The lowest BCUT2D eigenvalue weighted by atomic mass is 10.0. The van der Waals surface area contributed by atoms with E-state index < -0.39 is 0 Å². The Kier molecular flexibility index (Phi) is 9.82. The SMILES string of the molecule is CCN(CC)c1ccc(C=NCC(=O)CN(C)CCN(C)Cc2cccc3ccccc23)c(O)c1. The van der Waals surface area contributed by atoms with Crippen molar-refractivity contribution in [2.24, 2.45) is 4.99 Å². The predicted molar refractivity (Wildman–Crippen MR) is 147 cm³/mol. The maximum Gasteiger partial charge on any atom is 0.168 e. The van der Waals surface area contributed by atoms with Gasteiger partial charge in [0.1, 0.15) is 5.75 Å². The first-order valence-electron chi connectivity index (χ1n) is 12.3. The first-order valence-corrected chi connectivity index (χ1v) is 12.3. The van der Waals surface area contributed by atoms with E-state index in [9.17, 15) is 9.90 Å². The number of carbonyl (C=O) groups is 1. The summed E-state index contributed by atoms with van der Waals surface area (Å²) in [6.45, 7) is 8.91. The van der Waals surface area contributed by atoms with Gasteiger partial charge < -0.3 is 14.9 Å². The maximum absolute atomic E-state index is 12.4. The number of likely N-dealkylation sites (N-methyl/N-ethyl adjacent to an activating group) is 2. The third-order valence-corrected chi connectivity index (χ3v) is 6.27. The number of anilines is 1. The summed E-state index contributed by atoms with van der Waals surface area (Å²) in [5.74, 6) is 0.233. The largest absolute Gasteiger partial charge is 0.507 e. The van der Waals surface area contributed by atoms with E-state index >= 15 is 0 Å². The summed E-state index contributed by atoms with van der Waals surface area (Å²) in [5.41, 5.74) is 2.91. The number of nitrogens with zero attached hydrogens (tertiary/aromatic N) is 4. The quantitative estimate of drug-likeness (QED) is 0.371. The molecule has 0 saturated heterocycles. The van der Waals surface area contributed by atoms with Crippen LogP contribution in [0.3, 0.4) is 0 Å². The molecule has 0 atom stereocenters. The van der Waals surface area contributed by atoms with Crippen molar-refractivity contribution in [2.45, 2.75) is 20.4 Å². The lowest BCUT2D eigenvalue weighted by Crippen LogP contribution is -2.34. The van der Waals surface area contributed by atoms with Gasteiger partial charge in [0.15, 0.2) is 5.78 Å². The molecular formula is C29H38N4O2. The number of rotatable bonds is 13. The molecule has 0 unspecified atom stereocenters. The predicted octanol–water partition coefficient (Wildman–Crippen LogP) is 4.44. The average Bonchev–Trinajstić information content (AvgIpc) is 2.85. The van der Waals surface area contributed by atoms with Crippen molar-refractivity contribution in [3.05, 3.63) is 71.8 Å². The normalized spacial score (nSPS) is 11.7. The molecule has 0 bridgehead atoms. The molecule has 0 fully saturated rings. The average molecular weight is 475 g/mol. The van der Waals surface area contributed by atoms with E-state index in [-0.39, 0.29) is 18.1 Å². The van der Waals surface area contributed by atoms with Gasteiger partial charge >= 0.3 is 0 Å². The van der Waals surface area contributed by atoms with E-state index in [1.165, 1.54) is 16.3 Å². The molecule has 186 valence electrons. The Bertz CT molecular complexity index is 1140. The minimum atomic E-state index is 0.0553. The van der Waals surface area contributed by atoms with Crippen LogP contribution >= 0.6 is 0 Å². The molecule has 0 aromatic heterocycles. The molecule has 3 rings (SSSR count). The number of aliphatic imine (C=N–C) groups is 1. The molecule has 0 aliphatic carbocycles. The van der Waals surface area contributed by atoms with E-state index in [0.29, 0.717) is 12.1 Å². The van der Waals surface area contributed by atoms with Gasteiger partial charge in [-0.15, -0.1) is 0 Å². The lowest BCUT2D eigenvalue weighted by Gasteiger charge is -2.22. The number of hydrogen-bond acceptors (Lipinski definition) is 6. The fourth-order valence-electron chi connectivity index (χ4n) is 4.24. The number of carbonyl (C=O) groups excluding carboxylic acids is 1. The third kappa shape index (κ3) is 7.64. The second kappa shape index (κ2) is 13.0. The number of fused-ring (bicyclic) bond motifs is 1. The highest BCUT2D eigenvalue weighted by Crippen LogP contribution is 2.23. The Morgan fingerprint density at radius 3 is 2.40 bits per heavy atom. The molecule has 35 heavy (non-hydrogen) atoms. The zero-order valence-electron chi connectivity index (χ0n) is 21.4. The van der Waals surface area contributed by atoms with Crippen LogP contribution in [0.2, 0.25) is 0 Å². The molecular weight excluding hydrogens is 436 g/mol. The lowest BCUT2D eigenvalue weighted by molar-refractivity contribution is -0.118. The van der Waals surface area contributed by atoms with Gasteiger partial charge in [0, 0.05) is 56.3 Å². The van der Waals surface area contributed by atoms with E-state index in [1.54, 1.807) is 12.3 Å². The van der Waals surface area contributed by atoms with Crippen molar-refractivity contribution in [3.63, 3.8) is 0 Å². The number of phenolic OH excluding ortho intramolecular Hbond substituents is 1. The van der Waals surface area contributed by atoms with E-state index in [4.69, 9.17) is 0 Å². The fourth-order valence-corrected chi connectivity index (χ4v) is 4.24. The van der Waals surface area contributed by atoms with Crippen LogP contribution in [0.5, 0.6) is 5.75 Å². The van der Waals surface area contributed by atoms with Crippen LogP contribution in [-0.2, 0) is 11.3 Å². The zero-order chi connectivity index (χ0) is 25.2. The summed E-state index contributed by atoms with van der Waals surface area (Å²) in [5, 5.41) is 12.9. The fraction of sp³-hybridized carbons (Fsp3) is 0.379. The maximum atomic E-state index is 12.4. The summed E-state index contributed by atoms with van der Waals surface area (Å²) >= 11 is 0. The first kappa shape index (κ1) is 26.4. The molecule has 0 radical (unpaired) electrons. The minimum Gasteiger partial charge on any atom is -0.507 e. The summed E-state index contributed by atoms with van der Waals surface area (Å²) in [6, 6.07) is 20.4. The highest BCUT2D eigenvalue weighted by Gasteiger charge is 2.10. The Hall–Kier alpha value is -3.22. The number of phenols is 1. The Morgan fingerprint density at radius 2 is 1.66 bits per heavy atom. The molecule has 1 N–H and O–H groups in total. The Balaban J connectivity index is 1.43. The summed E-state index contributed by atoms with van der Waals surface area (Å²) in [7, 11) is 4.07. The Morgan fingerprint density at radius 1 is 0.943 bits per heavy atom. The van der Waals surface area contributed by atoms with Crippen molar-refractivity contribution in [3.8, 4) is 5.75 Å². The van der Waals surface area contributed by atoms with Crippen molar-refractivity contribution in [1.29, 1.82) is 0 Å². The molecule has 0 heterocycles. The number of ketones is 1. The molecule has 3 aromatic carbocycles. The Labute approximate surface area is 209 Å². The molecule has 0 aliphatic heterocycles. The van der Waals surface area contributed by atoms with Crippen LogP contribution in [0.4, 0.5) is 5.69 Å². The zero-order valence-corrected chi connectivity index (χ0v) is 21.4. The van der Waals surface area contributed by atoms with Gasteiger partial charge in [-0.05, 0) is 56.4 Å². The third-order valence-electron chi connectivity index (χ3n) is 6.27.